The largest absolute Gasteiger partial charge is 0.468 e. The van der Waals surface area contributed by atoms with Crippen molar-refractivity contribution in [3.05, 3.63) is 35.9 Å². The van der Waals surface area contributed by atoms with Crippen LogP contribution in [0.4, 0.5) is 0 Å². The molecular formula is C14H19NO3. The maximum atomic E-state index is 12.4. The van der Waals surface area contributed by atoms with Crippen molar-refractivity contribution in [3.8, 4) is 0 Å². The Labute approximate surface area is 108 Å². The van der Waals surface area contributed by atoms with Crippen LogP contribution in [0.1, 0.15) is 18.9 Å². The van der Waals surface area contributed by atoms with Gasteiger partial charge in [-0.3, -0.25) is 9.59 Å². The van der Waals surface area contributed by atoms with E-state index in [-0.39, 0.29) is 5.91 Å². The Morgan fingerprint density at radius 2 is 1.78 bits per heavy atom. The van der Waals surface area contributed by atoms with E-state index in [0.717, 1.165) is 0 Å². The Kier molecular flexibility index (Phi) is 4.48. The van der Waals surface area contributed by atoms with E-state index in [9.17, 15) is 9.59 Å². The van der Waals surface area contributed by atoms with E-state index in [0.29, 0.717) is 12.0 Å². The molecule has 0 spiro atoms. The van der Waals surface area contributed by atoms with Gasteiger partial charge in [0.15, 0.2) is 5.41 Å². The zero-order valence-corrected chi connectivity index (χ0v) is 11.3. The van der Waals surface area contributed by atoms with Crippen molar-refractivity contribution >= 4 is 11.9 Å². The van der Waals surface area contributed by atoms with E-state index < -0.39 is 11.4 Å². The third kappa shape index (κ3) is 2.23. The predicted molar refractivity (Wildman–Crippen MR) is 69.1 cm³/mol. The summed E-state index contributed by atoms with van der Waals surface area (Å²) >= 11 is 0. The third-order valence-electron chi connectivity index (χ3n) is 3.10. The van der Waals surface area contributed by atoms with Gasteiger partial charge in [-0.15, -0.1) is 0 Å². The van der Waals surface area contributed by atoms with Gasteiger partial charge in [-0.2, -0.15) is 0 Å². The highest BCUT2D eigenvalue weighted by Crippen LogP contribution is 2.31. The SMILES string of the molecule is CC[C@](C(=O)OC)(C(=O)N(C)C)c1ccccc1. The molecule has 0 saturated heterocycles. The maximum Gasteiger partial charge on any atom is 0.325 e. The lowest BCUT2D eigenvalue weighted by molar-refractivity contribution is -0.156. The minimum atomic E-state index is -1.25. The fraction of sp³-hybridized carbons (Fsp3) is 0.429. The number of hydrogen-bond donors (Lipinski definition) is 0. The summed E-state index contributed by atoms with van der Waals surface area (Å²) < 4.78 is 4.85. The van der Waals surface area contributed by atoms with Crippen LogP contribution in [0.25, 0.3) is 0 Å². The van der Waals surface area contributed by atoms with Crippen LogP contribution in [0.3, 0.4) is 0 Å². The summed E-state index contributed by atoms with van der Waals surface area (Å²) in [6.45, 7) is 1.81. The molecule has 18 heavy (non-hydrogen) atoms. The van der Waals surface area contributed by atoms with Gasteiger partial charge in [-0.25, -0.2) is 0 Å². The molecule has 0 aliphatic rings. The second-order valence-corrected chi connectivity index (χ2v) is 4.32. The quantitative estimate of drug-likeness (QED) is 0.601. The number of benzene rings is 1. The van der Waals surface area contributed by atoms with Crippen molar-refractivity contribution in [2.45, 2.75) is 18.8 Å². The van der Waals surface area contributed by atoms with Crippen molar-refractivity contribution in [1.29, 1.82) is 0 Å². The Balaban J connectivity index is 3.41. The Bertz CT molecular complexity index is 428. The Hall–Kier alpha value is -1.84. The van der Waals surface area contributed by atoms with Gasteiger partial charge in [0.2, 0.25) is 5.91 Å². The molecule has 1 atom stereocenters. The van der Waals surface area contributed by atoms with Gasteiger partial charge in [-0.05, 0) is 12.0 Å². The Morgan fingerprint density at radius 3 is 2.17 bits per heavy atom. The van der Waals surface area contributed by atoms with Gasteiger partial charge in [0.25, 0.3) is 0 Å². The lowest BCUT2D eigenvalue weighted by Crippen LogP contribution is -2.49. The van der Waals surface area contributed by atoms with Gasteiger partial charge in [0.05, 0.1) is 7.11 Å². The topological polar surface area (TPSA) is 46.6 Å². The normalized spacial score (nSPS) is 13.6. The standard InChI is InChI=1S/C14H19NO3/c1-5-14(13(17)18-4,12(16)15(2)3)11-9-7-6-8-10-11/h6-10H,5H2,1-4H3/t14-/m1/s1. The molecule has 4 heteroatoms. The van der Waals surface area contributed by atoms with Crippen LogP contribution in [0.2, 0.25) is 0 Å². The maximum absolute atomic E-state index is 12.4. The molecular weight excluding hydrogens is 230 g/mol. The molecule has 0 bridgehead atoms. The molecule has 0 heterocycles. The van der Waals surface area contributed by atoms with Gasteiger partial charge < -0.3 is 9.64 Å². The summed E-state index contributed by atoms with van der Waals surface area (Å²) in [5.41, 5.74) is -0.586. The van der Waals surface area contributed by atoms with Gasteiger partial charge in [-0.1, -0.05) is 37.3 Å². The third-order valence-corrected chi connectivity index (χ3v) is 3.10. The summed E-state index contributed by atoms with van der Waals surface area (Å²) in [4.78, 5) is 26.0. The molecule has 0 fully saturated rings. The van der Waals surface area contributed by atoms with Gasteiger partial charge >= 0.3 is 5.97 Å². The smallest absolute Gasteiger partial charge is 0.325 e. The van der Waals surface area contributed by atoms with Gasteiger partial charge in [0, 0.05) is 14.1 Å². The van der Waals surface area contributed by atoms with Crippen LogP contribution in [-0.2, 0) is 19.7 Å². The number of likely N-dealkylation sites (N-methyl/N-ethyl adjacent to an activating group) is 1. The monoisotopic (exact) mass is 249 g/mol. The molecule has 0 radical (unpaired) electrons. The summed E-state index contributed by atoms with van der Waals surface area (Å²) in [5.74, 6) is -0.780. The molecule has 1 aromatic rings. The van der Waals surface area contributed by atoms with Crippen molar-refractivity contribution in [3.63, 3.8) is 0 Å². The average Bonchev–Trinajstić information content (AvgIpc) is 2.40. The van der Waals surface area contributed by atoms with E-state index in [2.05, 4.69) is 0 Å². The first kappa shape index (κ1) is 14.2. The van der Waals surface area contributed by atoms with E-state index >= 15 is 0 Å². The molecule has 1 amide bonds. The average molecular weight is 249 g/mol. The van der Waals surface area contributed by atoms with Crippen molar-refractivity contribution < 1.29 is 14.3 Å². The van der Waals surface area contributed by atoms with Crippen molar-refractivity contribution in [2.75, 3.05) is 21.2 Å². The molecule has 0 N–H and O–H groups in total. The number of nitrogens with zero attached hydrogens (tertiary/aromatic N) is 1. The van der Waals surface area contributed by atoms with Crippen molar-refractivity contribution in [1.82, 2.24) is 4.90 Å². The second-order valence-electron chi connectivity index (χ2n) is 4.32. The Morgan fingerprint density at radius 1 is 1.22 bits per heavy atom. The minimum absolute atomic E-state index is 0.261. The fourth-order valence-electron chi connectivity index (χ4n) is 2.11. The molecule has 0 unspecified atom stereocenters. The molecule has 0 aliphatic heterocycles. The van der Waals surface area contributed by atoms with Crippen LogP contribution in [-0.4, -0.2) is 38.0 Å². The predicted octanol–water partition coefficient (Wildman–Crippen LogP) is 1.60. The van der Waals surface area contributed by atoms with E-state index in [4.69, 9.17) is 4.74 Å². The highest BCUT2D eigenvalue weighted by molar-refractivity contribution is 6.08. The number of hydrogen-bond acceptors (Lipinski definition) is 3. The van der Waals surface area contributed by atoms with E-state index in [1.54, 1.807) is 26.2 Å². The molecule has 0 aliphatic carbocycles. The van der Waals surface area contributed by atoms with Crippen LogP contribution in [0, 0.1) is 0 Å². The number of ether oxygens (including phenoxy) is 1. The number of rotatable bonds is 4. The first-order chi connectivity index (χ1) is 8.50. The first-order valence-electron chi connectivity index (χ1n) is 5.86. The number of methoxy groups -OCH3 is 1. The van der Waals surface area contributed by atoms with E-state index in [1.165, 1.54) is 12.0 Å². The lowest BCUT2D eigenvalue weighted by atomic mass is 9.77. The van der Waals surface area contributed by atoms with Crippen LogP contribution in [0.15, 0.2) is 30.3 Å². The molecule has 4 nitrogen and oxygen atoms in total. The van der Waals surface area contributed by atoms with Crippen molar-refractivity contribution in [2.24, 2.45) is 0 Å². The summed E-state index contributed by atoms with van der Waals surface area (Å²) in [6, 6.07) is 9.03. The lowest BCUT2D eigenvalue weighted by Gasteiger charge is -2.31. The van der Waals surface area contributed by atoms with Crippen LogP contribution < -0.4 is 0 Å². The fourth-order valence-corrected chi connectivity index (χ4v) is 2.11. The highest BCUT2D eigenvalue weighted by Gasteiger charge is 2.47. The molecule has 0 aromatic heterocycles. The second kappa shape index (κ2) is 5.67. The number of carbonyl (C=O) groups is 2. The number of amides is 1. The van der Waals surface area contributed by atoms with Crippen LogP contribution in [0.5, 0.6) is 0 Å². The molecule has 0 saturated carbocycles. The van der Waals surface area contributed by atoms with E-state index in [1.807, 2.05) is 25.1 Å². The summed E-state index contributed by atoms with van der Waals surface area (Å²) in [6.07, 6.45) is 0.362. The number of esters is 1. The summed E-state index contributed by atoms with van der Waals surface area (Å²) in [5, 5.41) is 0. The number of carbonyl (C=O) groups excluding carboxylic acids is 2. The molecule has 98 valence electrons. The summed E-state index contributed by atoms with van der Waals surface area (Å²) in [7, 11) is 4.58. The zero-order chi connectivity index (χ0) is 13.8. The van der Waals surface area contributed by atoms with Crippen LogP contribution >= 0.6 is 0 Å². The first-order valence-corrected chi connectivity index (χ1v) is 5.86. The highest BCUT2D eigenvalue weighted by atomic mass is 16.5. The minimum Gasteiger partial charge on any atom is -0.468 e. The molecule has 1 aromatic carbocycles. The molecule has 1 rings (SSSR count). The van der Waals surface area contributed by atoms with Gasteiger partial charge in [0.1, 0.15) is 0 Å². The zero-order valence-electron chi connectivity index (χ0n) is 11.3.